The number of rotatable bonds is 3. The first-order chi connectivity index (χ1) is 10.1. The van der Waals surface area contributed by atoms with E-state index >= 15 is 0 Å². The number of aliphatic carboxylic acids is 1. The van der Waals surface area contributed by atoms with Crippen LogP contribution >= 0.6 is 0 Å². The molecule has 1 atom stereocenters. The summed E-state index contributed by atoms with van der Waals surface area (Å²) < 4.78 is 0. The maximum Gasteiger partial charge on any atom is 0.310 e. The molecule has 4 heteroatoms. The molecule has 1 aliphatic heterocycles. The fourth-order valence-electron chi connectivity index (χ4n) is 2.57. The van der Waals surface area contributed by atoms with E-state index in [1.807, 2.05) is 30.3 Å². The Kier molecular flexibility index (Phi) is 3.22. The van der Waals surface area contributed by atoms with Crippen LogP contribution in [0.1, 0.15) is 34.3 Å². The number of amides is 1. The highest BCUT2D eigenvalue weighted by molar-refractivity contribution is 6.10. The zero-order valence-corrected chi connectivity index (χ0v) is 11.6. The highest BCUT2D eigenvalue weighted by Gasteiger charge is 2.28. The summed E-state index contributed by atoms with van der Waals surface area (Å²) in [4.78, 5) is 25.2. The quantitative estimate of drug-likeness (QED) is 0.940. The monoisotopic (exact) mass is 281 g/mol. The van der Waals surface area contributed by atoms with Gasteiger partial charge in [0.2, 0.25) is 0 Å². The molecule has 2 aromatic carbocycles. The van der Waals surface area contributed by atoms with Crippen LogP contribution in [0.15, 0.2) is 48.5 Å². The highest BCUT2D eigenvalue weighted by atomic mass is 16.4. The first kappa shape index (κ1) is 13.4. The van der Waals surface area contributed by atoms with Gasteiger partial charge in [-0.05, 0) is 36.2 Å². The van der Waals surface area contributed by atoms with E-state index in [9.17, 15) is 9.59 Å². The van der Waals surface area contributed by atoms with Gasteiger partial charge in [-0.1, -0.05) is 30.3 Å². The molecular weight excluding hydrogens is 266 g/mol. The Balaban J connectivity index is 1.95. The molecule has 3 rings (SSSR count). The van der Waals surface area contributed by atoms with Crippen LogP contribution in [0.2, 0.25) is 0 Å². The van der Waals surface area contributed by atoms with Crippen LogP contribution in [0.3, 0.4) is 0 Å². The smallest absolute Gasteiger partial charge is 0.310 e. The molecule has 0 radical (unpaired) electrons. The summed E-state index contributed by atoms with van der Waals surface area (Å²) in [5.74, 6) is -1.50. The van der Waals surface area contributed by atoms with E-state index in [0.29, 0.717) is 17.7 Å². The SMILES string of the molecule is CC(C(=O)O)c1cccc(N2Cc3ccccc3C2=O)c1. The van der Waals surface area contributed by atoms with Gasteiger partial charge in [0.05, 0.1) is 12.5 Å². The van der Waals surface area contributed by atoms with Gasteiger partial charge in [0.25, 0.3) is 5.91 Å². The van der Waals surface area contributed by atoms with Crippen molar-refractivity contribution in [1.29, 1.82) is 0 Å². The van der Waals surface area contributed by atoms with Crippen molar-refractivity contribution in [1.82, 2.24) is 0 Å². The number of carbonyl (C=O) groups is 2. The van der Waals surface area contributed by atoms with Crippen molar-refractivity contribution < 1.29 is 14.7 Å². The average Bonchev–Trinajstić information content (AvgIpc) is 2.84. The van der Waals surface area contributed by atoms with Gasteiger partial charge < -0.3 is 10.0 Å². The number of fused-ring (bicyclic) bond motifs is 1. The minimum Gasteiger partial charge on any atom is -0.481 e. The molecule has 0 aliphatic carbocycles. The number of carboxylic acids is 1. The summed E-state index contributed by atoms with van der Waals surface area (Å²) in [5, 5.41) is 9.11. The zero-order chi connectivity index (χ0) is 15.0. The van der Waals surface area contributed by atoms with E-state index in [0.717, 1.165) is 11.3 Å². The van der Waals surface area contributed by atoms with Gasteiger partial charge in [0.1, 0.15) is 0 Å². The second-order valence-electron chi connectivity index (χ2n) is 5.20. The third-order valence-electron chi connectivity index (χ3n) is 3.87. The third-order valence-corrected chi connectivity index (χ3v) is 3.87. The van der Waals surface area contributed by atoms with Gasteiger partial charge in [-0.2, -0.15) is 0 Å². The fourth-order valence-corrected chi connectivity index (χ4v) is 2.57. The molecule has 21 heavy (non-hydrogen) atoms. The van der Waals surface area contributed by atoms with Crippen molar-refractivity contribution in [3.8, 4) is 0 Å². The summed E-state index contributed by atoms with van der Waals surface area (Å²) >= 11 is 0. The summed E-state index contributed by atoms with van der Waals surface area (Å²) in [7, 11) is 0. The molecule has 0 bridgehead atoms. The second kappa shape index (κ2) is 5.05. The molecule has 0 saturated heterocycles. The summed E-state index contributed by atoms with van der Waals surface area (Å²) in [6, 6.07) is 14.7. The highest BCUT2D eigenvalue weighted by Crippen LogP contribution is 2.30. The van der Waals surface area contributed by atoms with Gasteiger partial charge in [-0.15, -0.1) is 0 Å². The Bertz CT molecular complexity index is 723. The van der Waals surface area contributed by atoms with E-state index in [1.54, 1.807) is 30.0 Å². The van der Waals surface area contributed by atoms with Crippen LogP contribution in [0.25, 0.3) is 0 Å². The molecule has 106 valence electrons. The molecule has 2 aromatic rings. The fraction of sp³-hybridized carbons (Fsp3) is 0.176. The topological polar surface area (TPSA) is 57.6 Å². The number of benzene rings is 2. The second-order valence-corrected chi connectivity index (χ2v) is 5.20. The molecule has 0 fully saturated rings. The minimum absolute atomic E-state index is 0.0364. The number of carbonyl (C=O) groups excluding carboxylic acids is 1. The molecule has 0 aromatic heterocycles. The van der Waals surface area contributed by atoms with E-state index in [4.69, 9.17) is 5.11 Å². The first-order valence-electron chi connectivity index (χ1n) is 6.80. The van der Waals surface area contributed by atoms with Gasteiger partial charge in [-0.3, -0.25) is 9.59 Å². The van der Waals surface area contributed by atoms with Crippen molar-refractivity contribution in [2.24, 2.45) is 0 Å². The van der Waals surface area contributed by atoms with Crippen molar-refractivity contribution in [3.05, 3.63) is 65.2 Å². The van der Waals surface area contributed by atoms with Gasteiger partial charge in [0, 0.05) is 11.3 Å². The molecule has 1 N–H and O–H groups in total. The van der Waals surface area contributed by atoms with Crippen molar-refractivity contribution in [2.45, 2.75) is 19.4 Å². The van der Waals surface area contributed by atoms with E-state index in [-0.39, 0.29) is 5.91 Å². The Hall–Kier alpha value is -2.62. The lowest BCUT2D eigenvalue weighted by Crippen LogP contribution is -2.23. The number of anilines is 1. The largest absolute Gasteiger partial charge is 0.481 e. The normalized spacial score (nSPS) is 14.9. The average molecular weight is 281 g/mol. The molecule has 4 nitrogen and oxygen atoms in total. The van der Waals surface area contributed by atoms with E-state index < -0.39 is 11.9 Å². The minimum atomic E-state index is -0.872. The van der Waals surface area contributed by atoms with Crippen LogP contribution in [0.5, 0.6) is 0 Å². The van der Waals surface area contributed by atoms with E-state index in [1.165, 1.54) is 0 Å². The molecular formula is C17H15NO3. The summed E-state index contributed by atoms with van der Waals surface area (Å²) in [6.07, 6.45) is 0. The van der Waals surface area contributed by atoms with Gasteiger partial charge in [-0.25, -0.2) is 0 Å². The van der Waals surface area contributed by atoms with Crippen LogP contribution < -0.4 is 4.90 Å². The van der Waals surface area contributed by atoms with Gasteiger partial charge in [0.15, 0.2) is 0 Å². The van der Waals surface area contributed by atoms with Crippen molar-refractivity contribution in [3.63, 3.8) is 0 Å². The lowest BCUT2D eigenvalue weighted by molar-refractivity contribution is -0.138. The zero-order valence-electron chi connectivity index (χ0n) is 11.6. The van der Waals surface area contributed by atoms with E-state index in [2.05, 4.69) is 0 Å². The van der Waals surface area contributed by atoms with Crippen molar-refractivity contribution >= 4 is 17.6 Å². The van der Waals surface area contributed by atoms with Crippen LogP contribution in [0.4, 0.5) is 5.69 Å². The summed E-state index contributed by atoms with van der Waals surface area (Å²) in [6.45, 7) is 2.17. The maximum atomic E-state index is 12.4. The lowest BCUT2D eigenvalue weighted by Gasteiger charge is -2.17. The third kappa shape index (κ3) is 2.29. The predicted molar refractivity (Wildman–Crippen MR) is 79.4 cm³/mol. The Labute approximate surface area is 122 Å². The van der Waals surface area contributed by atoms with Gasteiger partial charge >= 0.3 is 5.97 Å². The maximum absolute atomic E-state index is 12.4. The van der Waals surface area contributed by atoms with Crippen LogP contribution in [0, 0.1) is 0 Å². The number of carboxylic acid groups (broad SMARTS) is 1. The Morgan fingerprint density at radius 1 is 1.19 bits per heavy atom. The molecule has 0 spiro atoms. The first-order valence-corrected chi connectivity index (χ1v) is 6.80. The Morgan fingerprint density at radius 2 is 1.95 bits per heavy atom. The predicted octanol–water partition coefficient (Wildman–Crippen LogP) is 3.04. The van der Waals surface area contributed by atoms with Crippen LogP contribution in [-0.4, -0.2) is 17.0 Å². The summed E-state index contributed by atoms with van der Waals surface area (Å²) in [5.41, 5.74) is 3.15. The number of hydrogen-bond donors (Lipinski definition) is 1. The molecule has 1 heterocycles. The molecule has 0 saturated carbocycles. The van der Waals surface area contributed by atoms with Crippen molar-refractivity contribution in [2.75, 3.05) is 4.90 Å². The Morgan fingerprint density at radius 3 is 2.67 bits per heavy atom. The molecule has 1 amide bonds. The standard InChI is InChI=1S/C17H15NO3/c1-11(17(20)21)12-6-4-7-14(9-12)18-10-13-5-2-3-8-15(13)16(18)19/h2-9,11H,10H2,1H3,(H,20,21). The van der Waals surface area contributed by atoms with Crippen LogP contribution in [-0.2, 0) is 11.3 Å². The molecule has 1 unspecified atom stereocenters. The number of hydrogen-bond acceptors (Lipinski definition) is 2. The molecule has 1 aliphatic rings. The lowest BCUT2D eigenvalue weighted by atomic mass is 10.0. The number of nitrogens with zero attached hydrogens (tertiary/aromatic N) is 1.